The molecule has 1 aliphatic heterocycles. The Morgan fingerprint density at radius 1 is 1.38 bits per heavy atom. The second-order valence-corrected chi connectivity index (χ2v) is 6.25. The second kappa shape index (κ2) is 8.07. The van der Waals surface area contributed by atoms with Crippen molar-refractivity contribution in [1.29, 1.82) is 0 Å². The lowest BCUT2D eigenvalue weighted by Crippen LogP contribution is -2.47. The quantitative estimate of drug-likeness (QED) is 0.746. The summed E-state index contributed by atoms with van der Waals surface area (Å²) in [5.41, 5.74) is -0.952. The summed E-state index contributed by atoms with van der Waals surface area (Å²) < 4.78 is 50.5. The number of halogens is 5. The van der Waals surface area contributed by atoms with Crippen molar-refractivity contribution in [2.45, 2.75) is 25.1 Å². The SMILES string of the molecule is O=C(NC(CF)C(=O)O)C1CCN(c2ncc(C(F)(F)F)cc2Cl)CC1. The fourth-order valence-electron chi connectivity index (χ4n) is 2.63. The number of carboxylic acid groups (broad SMARTS) is 1. The van der Waals surface area contributed by atoms with E-state index in [1.54, 1.807) is 4.90 Å². The van der Waals surface area contributed by atoms with Crippen LogP contribution in [0.2, 0.25) is 5.02 Å². The van der Waals surface area contributed by atoms with Crippen LogP contribution in [0.5, 0.6) is 0 Å². The van der Waals surface area contributed by atoms with Gasteiger partial charge in [-0.3, -0.25) is 4.79 Å². The first-order valence-corrected chi connectivity index (χ1v) is 8.08. The normalized spacial score (nSPS) is 17.0. The maximum Gasteiger partial charge on any atom is 0.417 e. The molecule has 0 aromatic carbocycles. The van der Waals surface area contributed by atoms with E-state index in [-0.39, 0.29) is 10.8 Å². The maximum absolute atomic E-state index is 12.6. The predicted molar refractivity (Wildman–Crippen MR) is 84.7 cm³/mol. The first-order valence-electron chi connectivity index (χ1n) is 7.70. The molecule has 26 heavy (non-hydrogen) atoms. The molecule has 0 bridgehead atoms. The monoisotopic (exact) mass is 397 g/mol. The van der Waals surface area contributed by atoms with Gasteiger partial charge >= 0.3 is 12.1 Å². The second-order valence-electron chi connectivity index (χ2n) is 5.84. The molecule has 1 unspecified atom stereocenters. The molecule has 1 aliphatic rings. The lowest BCUT2D eigenvalue weighted by Gasteiger charge is -2.33. The molecular weight excluding hydrogens is 382 g/mol. The van der Waals surface area contributed by atoms with Crippen molar-refractivity contribution >= 4 is 29.3 Å². The lowest BCUT2D eigenvalue weighted by molar-refractivity contribution is -0.143. The average Bonchev–Trinajstić information content (AvgIpc) is 2.58. The summed E-state index contributed by atoms with van der Waals surface area (Å²) in [5.74, 6) is -2.36. The third kappa shape index (κ3) is 4.75. The number of piperidine rings is 1. The topological polar surface area (TPSA) is 82.5 Å². The minimum atomic E-state index is -4.54. The highest BCUT2D eigenvalue weighted by molar-refractivity contribution is 6.33. The van der Waals surface area contributed by atoms with Crippen LogP contribution < -0.4 is 10.2 Å². The summed E-state index contributed by atoms with van der Waals surface area (Å²) >= 11 is 5.90. The zero-order chi connectivity index (χ0) is 19.5. The van der Waals surface area contributed by atoms with Gasteiger partial charge in [0.25, 0.3) is 0 Å². The first kappa shape index (κ1) is 20.2. The van der Waals surface area contributed by atoms with E-state index in [1.807, 2.05) is 0 Å². The zero-order valence-corrected chi connectivity index (χ0v) is 14.1. The number of hydrogen-bond donors (Lipinski definition) is 2. The number of anilines is 1. The fraction of sp³-hybridized carbons (Fsp3) is 0.533. The van der Waals surface area contributed by atoms with Crippen LogP contribution in [0.25, 0.3) is 0 Å². The zero-order valence-electron chi connectivity index (χ0n) is 13.4. The highest BCUT2D eigenvalue weighted by Crippen LogP contribution is 2.34. The number of aromatic nitrogens is 1. The highest BCUT2D eigenvalue weighted by atomic mass is 35.5. The molecule has 1 aromatic rings. The van der Waals surface area contributed by atoms with E-state index in [4.69, 9.17) is 16.7 Å². The molecule has 0 aliphatic carbocycles. The standard InChI is InChI=1S/C15H16ClF4N3O3/c16-10-5-9(15(18,19)20)7-21-12(10)23-3-1-8(2-4-23)13(24)22-11(6-17)14(25)26/h5,7-8,11H,1-4,6H2,(H,22,24)(H,25,26). The molecule has 2 heterocycles. The van der Waals surface area contributed by atoms with Gasteiger partial charge in [0.15, 0.2) is 6.04 Å². The van der Waals surface area contributed by atoms with Gasteiger partial charge in [-0.25, -0.2) is 14.2 Å². The summed E-state index contributed by atoms with van der Waals surface area (Å²) in [7, 11) is 0. The molecular formula is C15H16ClF4N3O3. The first-order chi connectivity index (χ1) is 12.1. The van der Waals surface area contributed by atoms with Gasteiger partial charge in [-0.05, 0) is 18.9 Å². The molecule has 11 heteroatoms. The van der Waals surface area contributed by atoms with Gasteiger partial charge in [0.1, 0.15) is 12.5 Å². The van der Waals surface area contributed by atoms with E-state index in [1.165, 1.54) is 0 Å². The molecule has 1 fully saturated rings. The summed E-state index contributed by atoms with van der Waals surface area (Å²) in [5, 5.41) is 10.7. The van der Waals surface area contributed by atoms with Gasteiger partial charge in [-0.2, -0.15) is 13.2 Å². The van der Waals surface area contributed by atoms with Crippen molar-refractivity contribution in [2.24, 2.45) is 5.92 Å². The fourth-order valence-corrected chi connectivity index (χ4v) is 2.91. The van der Waals surface area contributed by atoms with E-state index >= 15 is 0 Å². The van der Waals surface area contributed by atoms with Crippen molar-refractivity contribution in [3.05, 3.63) is 22.8 Å². The Balaban J connectivity index is 1.98. The summed E-state index contributed by atoms with van der Waals surface area (Å²) in [6.07, 6.45) is -3.23. The number of alkyl halides is 4. The molecule has 2 N–H and O–H groups in total. The van der Waals surface area contributed by atoms with Crippen molar-refractivity contribution in [2.75, 3.05) is 24.7 Å². The largest absolute Gasteiger partial charge is 0.480 e. The summed E-state index contributed by atoms with van der Waals surface area (Å²) in [4.78, 5) is 28.2. The van der Waals surface area contributed by atoms with Gasteiger partial charge in [-0.15, -0.1) is 0 Å². The molecule has 0 spiro atoms. The van der Waals surface area contributed by atoms with Crippen LogP contribution in [0.3, 0.4) is 0 Å². The Labute approximate surface area is 151 Å². The van der Waals surface area contributed by atoms with Crippen LogP contribution in [0.1, 0.15) is 18.4 Å². The Bertz CT molecular complexity index is 679. The number of carbonyl (C=O) groups is 2. The Morgan fingerprint density at radius 3 is 2.46 bits per heavy atom. The van der Waals surface area contributed by atoms with Crippen LogP contribution in [-0.2, 0) is 15.8 Å². The number of pyridine rings is 1. The Kier molecular flexibility index (Phi) is 6.27. The van der Waals surface area contributed by atoms with Crippen LogP contribution >= 0.6 is 11.6 Å². The Morgan fingerprint density at radius 2 is 2.00 bits per heavy atom. The van der Waals surface area contributed by atoms with Gasteiger partial charge in [0.2, 0.25) is 5.91 Å². The lowest BCUT2D eigenvalue weighted by atomic mass is 9.95. The highest BCUT2D eigenvalue weighted by Gasteiger charge is 2.33. The van der Waals surface area contributed by atoms with Gasteiger partial charge < -0.3 is 15.3 Å². The third-order valence-electron chi connectivity index (χ3n) is 4.08. The molecule has 1 aromatic heterocycles. The number of rotatable bonds is 5. The van der Waals surface area contributed by atoms with E-state index in [2.05, 4.69) is 10.3 Å². The predicted octanol–water partition coefficient (Wildman–Crippen LogP) is 2.51. The van der Waals surface area contributed by atoms with E-state index < -0.39 is 42.3 Å². The Hall–Kier alpha value is -2.10. The smallest absolute Gasteiger partial charge is 0.417 e. The number of nitrogens with zero attached hydrogens (tertiary/aromatic N) is 2. The molecule has 1 atom stereocenters. The molecule has 0 saturated carbocycles. The molecule has 6 nitrogen and oxygen atoms in total. The van der Waals surface area contributed by atoms with Crippen molar-refractivity contribution < 1.29 is 32.3 Å². The molecule has 1 saturated heterocycles. The molecule has 0 radical (unpaired) electrons. The summed E-state index contributed by atoms with van der Waals surface area (Å²) in [6.45, 7) is -0.627. The van der Waals surface area contributed by atoms with Crippen LogP contribution in [-0.4, -0.2) is 47.8 Å². The van der Waals surface area contributed by atoms with Crippen molar-refractivity contribution in [3.8, 4) is 0 Å². The number of nitrogens with one attached hydrogen (secondary N) is 1. The van der Waals surface area contributed by atoms with Gasteiger partial charge in [-0.1, -0.05) is 11.6 Å². The number of carboxylic acids is 1. The minimum Gasteiger partial charge on any atom is -0.480 e. The van der Waals surface area contributed by atoms with Crippen LogP contribution in [0, 0.1) is 5.92 Å². The van der Waals surface area contributed by atoms with E-state index in [0.29, 0.717) is 32.1 Å². The maximum atomic E-state index is 12.6. The van der Waals surface area contributed by atoms with Crippen molar-refractivity contribution in [1.82, 2.24) is 10.3 Å². The van der Waals surface area contributed by atoms with Crippen LogP contribution in [0.15, 0.2) is 12.3 Å². The minimum absolute atomic E-state index is 0.147. The molecule has 1 amide bonds. The van der Waals surface area contributed by atoms with E-state index in [0.717, 1.165) is 6.07 Å². The van der Waals surface area contributed by atoms with Crippen molar-refractivity contribution in [3.63, 3.8) is 0 Å². The molecule has 2 rings (SSSR count). The number of aliphatic carboxylic acids is 1. The average molecular weight is 398 g/mol. The third-order valence-corrected chi connectivity index (χ3v) is 4.36. The number of hydrogen-bond acceptors (Lipinski definition) is 4. The molecule has 144 valence electrons. The van der Waals surface area contributed by atoms with Crippen LogP contribution in [0.4, 0.5) is 23.4 Å². The number of amides is 1. The summed E-state index contributed by atoms with van der Waals surface area (Å²) in [6, 6.07) is -0.798. The van der Waals surface area contributed by atoms with Gasteiger partial charge in [0, 0.05) is 25.2 Å². The number of carbonyl (C=O) groups excluding carboxylic acids is 1. The van der Waals surface area contributed by atoms with E-state index in [9.17, 15) is 27.2 Å². The van der Waals surface area contributed by atoms with Gasteiger partial charge in [0.05, 0.1) is 10.6 Å².